The lowest BCUT2D eigenvalue weighted by atomic mass is 9.94. The van der Waals surface area contributed by atoms with Gasteiger partial charge in [0, 0.05) is 23.5 Å². The summed E-state index contributed by atoms with van der Waals surface area (Å²) in [5.74, 6) is 0.782. The molecule has 1 aromatic heterocycles. The Morgan fingerprint density at radius 3 is 2.71 bits per heavy atom. The molecule has 2 aromatic rings. The minimum absolute atomic E-state index is 0.0727. The Hall–Kier alpha value is -2.60. The van der Waals surface area contributed by atoms with E-state index in [2.05, 4.69) is 10.3 Å². The number of rotatable bonds is 5. The van der Waals surface area contributed by atoms with E-state index >= 15 is 0 Å². The fraction of sp³-hybridized carbons (Fsp3) is 0.333. The number of carbonyl (C=O) groups is 1. The van der Waals surface area contributed by atoms with Crippen LogP contribution in [0.25, 0.3) is 11.1 Å². The highest BCUT2D eigenvalue weighted by Gasteiger charge is 2.47. The molecule has 2 fully saturated rings. The second-order valence-electron chi connectivity index (χ2n) is 6.21. The van der Waals surface area contributed by atoms with Gasteiger partial charge >= 0.3 is 6.09 Å². The van der Waals surface area contributed by atoms with Gasteiger partial charge in [-0.2, -0.15) is 0 Å². The lowest BCUT2D eigenvalue weighted by Gasteiger charge is -2.28. The van der Waals surface area contributed by atoms with Gasteiger partial charge in [-0.15, -0.1) is 0 Å². The minimum atomic E-state index is -1.02. The van der Waals surface area contributed by atoms with Crippen LogP contribution in [0.5, 0.6) is 5.75 Å². The van der Waals surface area contributed by atoms with Gasteiger partial charge in [-0.1, -0.05) is 18.2 Å². The largest absolute Gasteiger partial charge is 0.485 e. The van der Waals surface area contributed by atoms with Crippen molar-refractivity contribution in [2.24, 2.45) is 0 Å². The number of pyridine rings is 1. The molecule has 0 radical (unpaired) electrons. The van der Waals surface area contributed by atoms with Crippen LogP contribution in [0.1, 0.15) is 18.4 Å². The van der Waals surface area contributed by atoms with Crippen molar-refractivity contribution in [1.82, 2.24) is 10.3 Å². The van der Waals surface area contributed by atoms with Crippen molar-refractivity contribution in [1.29, 1.82) is 0 Å². The molecule has 1 aromatic carbocycles. The highest BCUT2D eigenvalue weighted by molar-refractivity contribution is 5.76. The van der Waals surface area contributed by atoms with E-state index in [0.717, 1.165) is 35.3 Å². The summed E-state index contributed by atoms with van der Waals surface area (Å²) in [5, 5.41) is 11.8. The second kappa shape index (κ2) is 5.79. The van der Waals surface area contributed by atoms with Crippen LogP contribution in [-0.4, -0.2) is 35.5 Å². The molecule has 0 bridgehead atoms. The van der Waals surface area contributed by atoms with Gasteiger partial charge < -0.3 is 19.9 Å². The quantitative estimate of drug-likeness (QED) is 0.883. The molecule has 1 saturated heterocycles. The van der Waals surface area contributed by atoms with Crippen LogP contribution in [0.3, 0.4) is 0 Å². The smallest absolute Gasteiger partial charge is 0.405 e. The van der Waals surface area contributed by atoms with E-state index in [1.165, 1.54) is 0 Å². The van der Waals surface area contributed by atoms with Gasteiger partial charge in [0.25, 0.3) is 0 Å². The van der Waals surface area contributed by atoms with Crippen LogP contribution in [0.2, 0.25) is 0 Å². The highest BCUT2D eigenvalue weighted by atomic mass is 16.6. The topological polar surface area (TPSA) is 80.7 Å². The summed E-state index contributed by atoms with van der Waals surface area (Å²) in [4.78, 5) is 15.4. The summed E-state index contributed by atoms with van der Waals surface area (Å²) in [6, 6.07) is 9.72. The van der Waals surface area contributed by atoms with E-state index in [1.54, 1.807) is 12.4 Å². The number of benzene rings is 1. The van der Waals surface area contributed by atoms with Crippen molar-refractivity contribution >= 4 is 6.09 Å². The number of nitrogens with one attached hydrogen (secondary N) is 1. The van der Waals surface area contributed by atoms with Gasteiger partial charge in [0.15, 0.2) is 0 Å². The molecule has 0 unspecified atom stereocenters. The zero-order chi connectivity index (χ0) is 16.6. The lowest BCUT2D eigenvalue weighted by molar-refractivity contribution is -0.0794. The van der Waals surface area contributed by atoms with E-state index < -0.39 is 11.6 Å². The molecule has 4 rings (SSSR count). The van der Waals surface area contributed by atoms with Gasteiger partial charge in [-0.05, 0) is 30.5 Å². The minimum Gasteiger partial charge on any atom is -0.485 e. The third-order valence-electron chi connectivity index (χ3n) is 4.51. The van der Waals surface area contributed by atoms with Gasteiger partial charge in [0.05, 0.1) is 18.8 Å². The molecule has 1 aliphatic carbocycles. The van der Waals surface area contributed by atoms with Gasteiger partial charge in [-0.3, -0.25) is 4.98 Å². The van der Waals surface area contributed by atoms with Gasteiger partial charge in [0.2, 0.25) is 0 Å². The Balaban J connectivity index is 1.74. The maximum absolute atomic E-state index is 11.2. The van der Waals surface area contributed by atoms with Crippen LogP contribution in [-0.2, 0) is 10.3 Å². The Labute approximate surface area is 139 Å². The molecule has 24 heavy (non-hydrogen) atoms. The Bertz CT molecular complexity index is 769. The first kappa shape index (κ1) is 15.0. The maximum Gasteiger partial charge on any atom is 0.405 e. The van der Waals surface area contributed by atoms with E-state index in [0.29, 0.717) is 13.2 Å². The second-order valence-corrected chi connectivity index (χ2v) is 6.21. The monoisotopic (exact) mass is 326 g/mol. The van der Waals surface area contributed by atoms with E-state index in [4.69, 9.17) is 14.6 Å². The predicted molar refractivity (Wildman–Crippen MR) is 87.0 cm³/mol. The number of amides is 1. The van der Waals surface area contributed by atoms with Crippen LogP contribution >= 0.6 is 0 Å². The molecular formula is C18H18N2O4. The highest BCUT2D eigenvalue weighted by Crippen LogP contribution is 2.49. The van der Waals surface area contributed by atoms with Crippen molar-refractivity contribution < 1.29 is 19.4 Å². The fourth-order valence-corrected chi connectivity index (χ4v) is 3.06. The standard InChI is InChI=1S/C18H18N2O4/c21-17(22)20-18(6-7-18)15-9-19-8-5-13(15)14-3-1-2-4-16(14)24-12-10-23-11-12/h1-5,8-9,12,20H,6-7,10-11H2,(H,21,22). The molecule has 1 amide bonds. The molecule has 1 aliphatic heterocycles. The molecule has 1 saturated carbocycles. The summed E-state index contributed by atoms with van der Waals surface area (Å²) in [6.07, 6.45) is 4.08. The van der Waals surface area contributed by atoms with E-state index in [9.17, 15) is 4.79 Å². The SMILES string of the molecule is O=C(O)NC1(c2cnccc2-c2ccccc2OC2COC2)CC1. The number of aromatic nitrogens is 1. The van der Waals surface area contributed by atoms with Crippen molar-refractivity contribution in [3.8, 4) is 16.9 Å². The zero-order valence-corrected chi connectivity index (χ0v) is 13.1. The fourth-order valence-electron chi connectivity index (χ4n) is 3.06. The third-order valence-corrected chi connectivity index (χ3v) is 4.51. The first-order valence-corrected chi connectivity index (χ1v) is 7.97. The molecule has 2 heterocycles. The van der Waals surface area contributed by atoms with Gasteiger partial charge in [-0.25, -0.2) is 4.79 Å². The number of hydrogen-bond acceptors (Lipinski definition) is 4. The molecule has 124 valence electrons. The Morgan fingerprint density at radius 1 is 1.25 bits per heavy atom. The van der Waals surface area contributed by atoms with Crippen LogP contribution in [0.4, 0.5) is 4.79 Å². The van der Waals surface area contributed by atoms with Crippen LogP contribution in [0.15, 0.2) is 42.7 Å². The average molecular weight is 326 g/mol. The van der Waals surface area contributed by atoms with Crippen molar-refractivity contribution in [2.75, 3.05) is 13.2 Å². The first-order valence-electron chi connectivity index (χ1n) is 7.97. The van der Waals surface area contributed by atoms with Crippen molar-refractivity contribution in [2.45, 2.75) is 24.5 Å². The summed E-state index contributed by atoms with van der Waals surface area (Å²) < 4.78 is 11.2. The van der Waals surface area contributed by atoms with Crippen LogP contribution in [0, 0.1) is 0 Å². The number of ether oxygens (including phenoxy) is 2. The number of nitrogens with zero attached hydrogens (tertiary/aromatic N) is 1. The zero-order valence-electron chi connectivity index (χ0n) is 13.1. The predicted octanol–water partition coefficient (Wildman–Crippen LogP) is 2.78. The first-order chi connectivity index (χ1) is 11.7. The number of carboxylic acid groups (broad SMARTS) is 1. The molecule has 2 aliphatic rings. The van der Waals surface area contributed by atoms with Gasteiger partial charge in [0.1, 0.15) is 11.9 Å². The summed E-state index contributed by atoms with van der Waals surface area (Å²) >= 11 is 0. The third kappa shape index (κ3) is 2.69. The van der Waals surface area contributed by atoms with E-state index in [-0.39, 0.29) is 6.10 Å². The lowest BCUT2D eigenvalue weighted by Crippen LogP contribution is -2.38. The maximum atomic E-state index is 11.2. The van der Waals surface area contributed by atoms with Crippen LogP contribution < -0.4 is 10.1 Å². The molecule has 2 N–H and O–H groups in total. The number of hydrogen-bond donors (Lipinski definition) is 2. The van der Waals surface area contributed by atoms with Crippen molar-refractivity contribution in [3.63, 3.8) is 0 Å². The Kier molecular flexibility index (Phi) is 3.61. The molecule has 0 atom stereocenters. The summed E-state index contributed by atoms with van der Waals surface area (Å²) in [5.41, 5.74) is 2.25. The number of para-hydroxylation sites is 1. The molecular weight excluding hydrogens is 308 g/mol. The van der Waals surface area contributed by atoms with E-state index in [1.807, 2.05) is 30.3 Å². The Morgan fingerprint density at radius 2 is 2.04 bits per heavy atom. The molecule has 6 heteroatoms. The summed E-state index contributed by atoms with van der Waals surface area (Å²) in [7, 11) is 0. The average Bonchev–Trinajstić information content (AvgIpc) is 3.31. The summed E-state index contributed by atoms with van der Waals surface area (Å²) in [6.45, 7) is 1.20. The van der Waals surface area contributed by atoms with Crippen molar-refractivity contribution in [3.05, 3.63) is 48.3 Å². The normalized spacial score (nSPS) is 18.5. The molecule has 6 nitrogen and oxygen atoms in total. The molecule has 0 spiro atoms.